The van der Waals surface area contributed by atoms with Gasteiger partial charge in [-0.05, 0) is 13.1 Å². The molecule has 0 amide bonds. The van der Waals surface area contributed by atoms with Crippen molar-refractivity contribution in [1.29, 1.82) is 0 Å². The molecule has 1 aliphatic rings. The molecule has 0 unspecified atom stereocenters. The fourth-order valence-electron chi connectivity index (χ4n) is 1.62. The number of hydrogen-bond acceptors (Lipinski definition) is 4. The second-order valence-electron chi connectivity index (χ2n) is 3.62. The molecule has 0 saturated carbocycles. The molecule has 0 atom stereocenters. The Labute approximate surface area is 92.2 Å². The first-order chi connectivity index (χ1) is 7.69. The van der Waals surface area contributed by atoms with E-state index in [-0.39, 0.29) is 5.88 Å². The van der Waals surface area contributed by atoms with Gasteiger partial charge >= 0.3 is 6.61 Å². The maximum atomic E-state index is 12.0. The van der Waals surface area contributed by atoms with Crippen LogP contribution in [-0.4, -0.2) is 37.8 Å². The van der Waals surface area contributed by atoms with E-state index in [0.29, 0.717) is 6.04 Å². The molecule has 2 rings (SSSR count). The van der Waals surface area contributed by atoms with Crippen molar-refractivity contribution in [2.75, 3.05) is 25.0 Å². The van der Waals surface area contributed by atoms with Gasteiger partial charge in [-0.2, -0.15) is 8.78 Å². The topological polar surface area (TPSA) is 37.4 Å². The molecule has 6 heteroatoms. The predicted octanol–water partition coefficient (Wildman–Crippen LogP) is 1.09. The van der Waals surface area contributed by atoms with E-state index < -0.39 is 6.61 Å². The van der Waals surface area contributed by atoms with Crippen LogP contribution in [0.3, 0.4) is 0 Å². The lowest BCUT2D eigenvalue weighted by Gasteiger charge is -2.40. The van der Waals surface area contributed by atoms with Gasteiger partial charge in [0, 0.05) is 37.1 Å². The number of pyridine rings is 1. The summed E-state index contributed by atoms with van der Waals surface area (Å²) < 4.78 is 28.2. The third-order valence-electron chi connectivity index (χ3n) is 2.58. The number of nitrogens with one attached hydrogen (secondary N) is 1. The average molecular weight is 229 g/mol. The van der Waals surface area contributed by atoms with E-state index in [4.69, 9.17) is 0 Å². The monoisotopic (exact) mass is 229 g/mol. The van der Waals surface area contributed by atoms with Crippen LogP contribution >= 0.6 is 0 Å². The zero-order valence-corrected chi connectivity index (χ0v) is 8.86. The maximum absolute atomic E-state index is 12.0. The lowest BCUT2D eigenvalue weighted by Crippen LogP contribution is -2.57. The molecule has 88 valence electrons. The Morgan fingerprint density at radius 3 is 2.94 bits per heavy atom. The van der Waals surface area contributed by atoms with E-state index in [1.807, 2.05) is 7.05 Å². The first kappa shape index (κ1) is 11.1. The third kappa shape index (κ3) is 2.38. The summed E-state index contributed by atoms with van der Waals surface area (Å²) in [5.41, 5.74) is 0.858. The van der Waals surface area contributed by atoms with Gasteiger partial charge in [0.15, 0.2) is 0 Å². The van der Waals surface area contributed by atoms with Crippen molar-refractivity contribution >= 4 is 5.69 Å². The molecule has 0 aromatic carbocycles. The number of anilines is 1. The molecule has 1 N–H and O–H groups in total. The second kappa shape index (κ2) is 4.61. The van der Waals surface area contributed by atoms with Crippen molar-refractivity contribution in [3.63, 3.8) is 0 Å². The van der Waals surface area contributed by atoms with Crippen molar-refractivity contribution in [2.45, 2.75) is 12.7 Å². The molecule has 1 fully saturated rings. The summed E-state index contributed by atoms with van der Waals surface area (Å²) >= 11 is 0. The van der Waals surface area contributed by atoms with Crippen LogP contribution in [0.2, 0.25) is 0 Å². The Morgan fingerprint density at radius 2 is 2.31 bits per heavy atom. The van der Waals surface area contributed by atoms with Crippen LogP contribution < -0.4 is 15.0 Å². The summed E-state index contributed by atoms with van der Waals surface area (Å²) in [4.78, 5) is 5.79. The number of aromatic nitrogens is 1. The van der Waals surface area contributed by atoms with Gasteiger partial charge in [-0.15, -0.1) is 0 Å². The van der Waals surface area contributed by atoms with Crippen LogP contribution in [0, 0.1) is 0 Å². The third-order valence-corrected chi connectivity index (χ3v) is 2.58. The predicted molar refractivity (Wildman–Crippen MR) is 55.9 cm³/mol. The minimum absolute atomic E-state index is 0.0413. The molecule has 0 radical (unpaired) electrons. The van der Waals surface area contributed by atoms with Crippen LogP contribution in [0.5, 0.6) is 5.88 Å². The Balaban J connectivity index is 2.00. The summed E-state index contributed by atoms with van der Waals surface area (Å²) in [6.07, 6.45) is 1.47. The molecule has 0 aliphatic carbocycles. The zero-order valence-electron chi connectivity index (χ0n) is 8.86. The van der Waals surface area contributed by atoms with Crippen molar-refractivity contribution < 1.29 is 13.5 Å². The van der Waals surface area contributed by atoms with E-state index in [1.54, 1.807) is 6.07 Å². The number of halogens is 2. The molecule has 0 spiro atoms. The number of hydrogen-bond donors (Lipinski definition) is 1. The standard InChI is InChI=1S/C10H13F2N3O/c1-13-7-5-15(6-7)8-2-3-14-9(4-8)16-10(11)12/h2-4,7,10,13H,5-6H2,1H3. The van der Waals surface area contributed by atoms with Gasteiger partial charge in [-0.1, -0.05) is 0 Å². The number of ether oxygens (including phenoxy) is 1. The van der Waals surface area contributed by atoms with Gasteiger partial charge in [-0.3, -0.25) is 0 Å². The van der Waals surface area contributed by atoms with Gasteiger partial charge in [-0.25, -0.2) is 4.98 Å². The summed E-state index contributed by atoms with van der Waals surface area (Å²) in [6.45, 7) is -1.09. The van der Waals surface area contributed by atoms with E-state index in [0.717, 1.165) is 18.8 Å². The Morgan fingerprint density at radius 1 is 1.56 bits per heavy atom. The van der Waals surface area contributed by atoms with E-state index in [2.05, 4.69) is 19.9 Å². The normalized spacial score (nSPS) is 16.4. The SMILES string of the molecule is CNC1CN(c2ccnc(OC(F)F)c2)C1. The molecular formula is C10H13F2N3O. The van der Waals surface area contributed by atoms with Crippen LogP contribution in [0.1, 0.15) is 0 Å². The molecule has 4 nitrogen and oxygen atoms in total. The highest BCUT2D eigenvalue weighted by molar-refractivity contribution is 5.50. The number of likely N-dealkylation sites (N-methyl/N-ethyl adjacent to an activating group) is 1. The van der Waals surface area contributed by atoms with Crippen molar-refractivity contribution in [2.24, 2.45) is 0 Å². The van der Waals surface area contributed by atoms with E-state index in [9.17, 15) is 8.78 Å². The first-order valence-electron chi connectivity index (χ1n) is 5.02. The lowest BCUT2D eigenvalue weighted by molar-refractivity contribution is -0.0528. The highest BCUT2D eigenvalue weighted by atomic mass is 19.3. The summed E-state index contributed by atoms with van der Waals surface area (Å²) in [6, 6.07) is 3.77. The van der Waals surface area contributed by atoms with Crippen LogP contribution in [-0.2, 0) is 0 Å². The van der Waals surface area contributed by atoms with Crippen molar-refractivity contribution in [3.05, 3.63) is 18.3 Å². The van der Waals surface area contributed by atoms with Gasteiger partial charge in [0.2, 0.25) is 5.88 Å². The average Bonchev–Trinajstić information content (AvgIpc) is 2.15. The summed E-state index contributed by atoms with van der Waals surface area (Å²) in [5, 5.41) is 3.14. The second-order valence-corrected chi connectivity index (χ2v) is 3.62. The smallest absolute Gasteiger partial charge is 0.388 e. The fraction of sp³-hybridized carbons (Fsp3) is 0.500. The molecule has 1 aliphatic heterocycles. The number of nitrogens with zero attached hydrogens (tertiary/aromatic N) is 2. The maximum Gasteiger partial charge on any atom is 0.388 e. The largest absolute Gasteiger partial charge is 0.417 e. The highest BCUT2D eigenvalue weighted by Gasteiger charge is 2.25. The minimum atomic E-state index is -2.83. The van der Waals surface area contributed by atoms with Crippen LogP contribution in [0.15, 0.2) is 18.3 Å². The highest BCUT2D eigenvalue weighted by Crippen LogP contribution is 2.24. The summed E-state index contributed by atoms with van der Waals surface area (Å²) in [7, 11) is 1.90. The number of alkyl halides is 2. The molecular weight excluding hydrogens is 216 g/mol. The molecule has 1 aromatic heterocycles. The Hall–Kier alpha value is -1.43. The van der Waals surface area contributed by atoms with Crippen LogP contribution in [0.4, 0.5) is 14.5 Å². The van der Waals surface area contributed by atoms with Crippen molar-refractivity contribution in [1.82, 2.24) is 10.3 Å². The van der Waals surface area contributed by atoms with Crippen molar-refractivity contribution in [3.8, 4) is 5.88 Å². The molecule has 1 aromatic rings. The molecule has 1 saturated heterocycles. The van der Waals surface area contributed by atoms with Gasteiger partial charge in [0.1, 0.15) is 0 Å². The minimum Gasteiger partial charge on any atom is -0.417 e. The fourth-order valence-corrected chi connectivity index (χ4v) is 1.62. The number of rotatable bonds is 4. The van der Waals surface area contributed by atoms with Gasteiger partial charge in [0.25, 0.3) is 0 Å². The molecule has 16 heavy (non-hydrogen) atoms. The molecule has 0 bridgehead atoms. The Bertz CT molecular complexity index is 356. The van der Waals surface area contributed by atoms with E-state index in [1.165, 1.54) is 12.3 Å². The first-order valence-corrected chi connectivity index (χ1v) is 5.02. The van der Waals surface area contributed by atoms with Gasteiger partial charge < -0.3 is 15.0 Å². The quantitative estimate of drug-likeness (QED) is 0.838. The summed E-state index contributed by atoms with van der Waals surface area (Å²) in [5.74, 6) is -0.0413. The lowest BCUT2D eigenvalue weighted by atomic mass is 10.1. The molecule has 2 heterocycles. The van der Waals surface area contributed by atoms with Gasteiger partial charge in [0.05, 0.1) is 0 Å². The zero-order chi connectivity index (χ0) is 11.5. The van der Waals surface area contributed by atoms with E-state index >= 15 is 0 Å². The van der Waals surface area contributed by atoms with Crippen LogP contribution in [0.25, 0.3) is 0 Å². The Kier molecular flexibility index (Phi) is 3.19.